The van der Waals surface area contributed by atoms with Crippen LogP contribution in [0, 0.1) is 0 Å². The van der Waals surface area contributed by atoms with E-state index in [1.807, 2.05) is 0 Å². The van der Waals surface area contributed by atoms with Crippen molar-refractivity contribution in [2.24, 2.45) is 24.4 Å². The first-order valence-corrected chi connectivity index (χ1v) is 5.00. The normalized spacial score (nSPS) is 10.6. The van der Waals surface area contributed by atoms with Crippen molar-refractivity contribution >= 4 is 7.36 Å². The molecule has 0 saturated heterocycles. The molecule has 0 aromatic heterocycles. The molecule has 0 aromatic rings. The van der Waals surface area contributed by atoms with Crippen LogP contribution in [0.2, 0.25) is 0 Å². The Labute approximate surface area is 85.0 Å². The van der Waals surface area contributed by atoms with E-state index in [2.05, 4.69) is 49.0 Å². The van der Waals surface area contributed by atoms with E-state index in [9.17, 15) is 0 Å². The van der Waals surface area contributed by atoms with Crippen LogP contribution < -0.4 is 0 Å². The van der Waals surface area contributed by atoms with E-state index in [0.29, 0.717) is 0 Å². The maximum absolute atomic E-state index is 8.23. The number of hydrogen-bond acceptors (Lipinski definition) is 5. The van der Waals surface area contributed by atoms with E-state index in [-0.39, 0.29) is 0 Å². The second-order valence-electron chi connectivity index (χ2n) is 1.79. The molecule has 0 bridgehead atoms. The van der Waals surface area contributed by atoms with E-state index in [4.69, 9.17) is 27.7 Å². The van der Waals surface area contributed by atoms with E-state index in [0.717, 1.165) is 0 Å². The molecule has 0 spiro atoms. The molecule has 0 aliphatic heterocycles. The quantitative estimate of drug-likeness (QED) is 0.275. The molecule has 16 heavy (non-hydrogen) atoms. The topological polar surface area (TPSA) is 244 Å². The average molecular weight is 241 g/mol. The van der Waals surface area contributed by atoms with Gasteiger partial charge in [-0.3, -0.25) is 0 Å². The zero-order chi connectivity index (χ0) is 12.5. The number of hydrogen-bond donors (Lipinski definition) is 0. The summed E-state index contributed by atoms with van der Waals surface area (Å²) < 4.78 is 0. The average Bonchev–Trinajstić information content (AvgIpc) is 2.19. The van der Waals surface area contributed by atoms with Crippen LogP contribution in [0.25, 0.3) is 52.2 Å². The minimum absolute atomic E-state index is 2.18. The summed E-state index contributed by atoms with van der Waals surface area (Å²) in [4.78, 5) is 24.8. The third-order valence-electron chi connectivity index (χ3n) is 1.00. The third-order valence-corrected chi connectivity index (χ3v) is 3.00. The molecule has 0 radical (unpaired) electrons. The molecule has 0 unspecified atom stereocenters. The SMILES string of the molecule is [N-]=[N+]=NP(N=[N+]=[N-])(N=[N+]=[N-])(N=[N+]=[N-])N=[N+]=[N-]. The first-order chi connectivity index (χ1) is 7.62. The summed E-state index contributed by atoms with van der Waals surface area (Å²) in [6.45, 7) is 0. The summed E-state index contributed by atoms with van der Waals surface area (Å²) in [5.74, 6) is 0. The van der Waals surface area contributed by atoms with Gasteiger partial charge in [-0.2, -0.15) is 0 Å². The zero-order valence-electron chi connectivity index (χ0n) is 7.16. The van der Waals surface area contributed by atoms with Crippen molar-refractivity contribution in [3.8, 4) is 0 Å². The molecule has 16 heteroatoms. The predicted molar refractivity (Wildman–Crippen MR) is 52.7 cm³/mol. The van der Waals surface area contributed by atoms with Gasteiger partial charge >= 0.3 is 84.0 Å². The molecular formula is N15P. The van der Waals surface area contributed by atoms with Crippen molar-refractivity contribution < 1.29 is 0 Å². The van der Waals surface area contributed by atoms with Gasteiger partial charge in [-0.25, -0.2) is 0 Å². The molecule has 80 valence electrons. The van der Waals surface area contributed by atoms with Gasteiger partial charge in [0.25, 0.3) is 0 Å². The van der Waals surface area contributed by atoms with Crippen LogP contribution in [-0.4, -0.2) is 0 Å². The van der Waals surface area contributed by atoms with Crippen LogP contribution in [0.5, 0.6) is 0 Å². The molecule has 0 saturated carbocycles. The van der Waals surface area contributed by atoms with Gasteiger partial charge < -0.3 is 0 Å². The fraction of sp³-hybridized carbons (Fsp3) is 0. The summed E-state index contributed by atoms with van der Waals surface area (Å²) in [6, 6.07) is 0. The van der Waals surface area contributed by atoms with Gasteiger partial charge in [0.05, 0.1) is 0 Å². The first-order valence-electron chi connectivity index (χ1n) is 3.00. The fourth-order valence-electron chi connectivity index (χ4n) is 0.537. The number of rotatable bonds is 5. The standard InChI is InChI=1S/N15P/c1-6-11-16(12-7-2,13-8-3,14-9-4)15-10-5. The predicted octanol–water partition coefficient (Wildman–Crippen LogP) is 4.67. The van der Waals surface area contributed by atoms with Crippen molar-refractivity contribution in [3.05, 3.63) is 52.2 Å². The molecule has 0 fully saturated rings. The monoisotopic (exact) mass is 241 g/mol. The van der Waals surface area contributed by atoms with E-state index in [1.165, 1.54) is 0 Å². The molecule has 15 nitrogen and oxygen atoms in total. The summed E-state index contributed by atoms with van der Waals surface area (Å²) in [7, 11) is -5.28. The minimum atomic E-state index is -5.28. The summed E-state index contributed by atoms with van der Waals surface area (Å²) in [5.41, 5.74) is 41.2. The Hall–Kier alpha value is -3.02. The van der Waals surface area contributed by atoms with Gasteiger partial charge in [0.2, 0.25) is 0 Å². The molecule has 0 atom stereocenters. The van der Waals surface area contributed by atoms with E-state index < -0.39 is 7.36 Å². The van der Waals surface area contributed by atoms with Gasteiger partial charge in [0.15, 0.2) is 0 Å². The first kappa shape index (κ1) is 13.0. The second-order valence-corrected chi connectivity index (χ2v) is 4.47. The van der Waals surface area contributed by atoms with Gasteiger partial charge in [-0.15, -0.1) is 0 Å². The molecule has 0 heterocycles. The van der Waals surface area contributed by atoms with Crippen LogP contribution in [0.3, 0.4) is 0 Å². The van der Waals surface area contributed by atoms with Crippen LogP contribution >= 0.6 is 7.36 Å². The molecule has 0 aliphatic carbocycles. The Kier molecular flexibility index (Phi) is 4.06. The van der Waals surface area contributed by atoms with Crippen molar-refractivity contribution in [3.63, 3.8) is 0 Å². The Balaban J connectivity index is 6.69. The van der Waals surface area contributed by atoms with Crippen LogP contribution in [0.4, 0.5) is 0 Å². The summed E-state index contributed by atoms with van der Waals surface area (Å²) >= 11 is 0. The van der Waals surface area contributed by atoms with Gasteiger partial charge in [-0.05, 0) is 0 Å². The Morgan fingerprint density at radius 2 is 0.688 bits per heavy atom. The molecule has 0 rings (SSSR count). The van der Waals surface area contributed by atoms with E-state index in [1.54, 1.807) is 0 Å². The molecule has 0 aromatic carbocycles. The third kappa shape index (κ3) is 2.26. The van der Waals surface area contributed by atoms with Crippen LogP contribution in [0.15, 0.2) is 24.4 Å². The molecule has 0 amide bonds. The maximum atomic E-state index is 8.23. The van der Waals surface area contributed by atoms with Gasteiger partial charge in [0, 0.05) is 0 Å². The molecular weight excluding hydrogens is 241 g/mol. The Morgan fingerprint density at radius 3 is 0.812 bits per heavy atom. The van der Waals surface area contributed by atoms with Gasteiger partial charge in [0.1, 0.15) is 0 Å². The molecule has 0 N–H and O–H groups in total. The number of azide groups is 1. The van der Waals surface area contributed by atoms with Crippen molar-refractivity contribution in [1.29, 1.82) is 0 Å². The fourth-order valence-corrected chi connectivity index (χ4v) is 1.61. The van der Waals surface area contributed by atoms with Gasteiger partial charge in [-0.1, -0.05) is 0 Å². The second kappa shape index (κ2) is 5.01. The van der Waals surface area contributed by atoms with Crippen molar-refractivity contribution in [2.45, 2.75) is 0 Å². The Bertz CT molecular complexity index is 394. The van der Waals surface area contributed by atoms with Crippen LogP contribution in [-0.2, 0) is 0 Å². The van der Waals surface area contributed by atoms with Crippen molar-refractivity contribution in [1.82, 2.24) is 0 Å². The summed E-state index contributed by atoms with van der Waals surface area (Å²) in [6.07, 6.45) is 0. The zero-order valence-corrected chi connectivity index (χ0v) is 8.05. The van der Waals surface area contributed by atoms with E-state index >= 15 is 0 Å². The Morgan fingerprint density at radius 1 is 0.500 bits per heavy atom. The molecule has 0 aliphatic rings. The summed E-state index contributed by atoms with van der Waals surface area (Å²) in [5, 5.41) is 0. The van der Waals surface area contributed by atoms with Crippen LogP contribution in [0.1, 0.15) is 0 Å². The number of nitrogens with zero attached hydrogens (tertiary/aromatic N) is 15. The van der Waals surface area contributed by atoms with Crippen molar-refractivity contribution in [2.75, 3.05) is 0 Å².